The lowest BCUT2D eigenvalue weighted by Crippen LogP contribution is -2.23. The zero-order chi connectivity index (χ0) is 13.7. The summed E-state index contributed by atoms with van der Waals surface area (Å²) in [6, 6.07) is 7.57. The highest BCUT2D eigenvalue weighted by atomic mass is 16.7. The molecule has 0 bridgehead atoms. The smallest absolute Gasteiger partial charge is 0.350 e. The summed E-state index contributed by atoms with van der Waals surface area (Å²) < 4.78 is 10.5. The summed E-state index contributed by atoms with van der Waals surface area (Å²) in [6.45, 7) is 4.60. The van der Waals surface area contributed by atoms with Crippen molar-refractivity contribution < 1.29 is 19.1 Å². The van der Waals surface area contributed by atoms with E-state index in [9.17, 15) is 4.79 Å². The minimum absolute atomic E-state index is 0.337. The maximum absolute atomic E-state index is 11.6. The zero-order valence-corrected chi connectivity index (χ0v) is 11.1. The van der Waals surface area contributed by atoms with Gasteiger partial charge in [0.05, 0.1) is 18.9 Å². The summed E-state index contributed by atoms with van der Waals surface area (Å²) in [7, 11) is 0. The van der Waals surface area contributed by atoms with Gasteiger partial charge in [0.1, 0.15) is 5.75 Å². The topological polar surface area (TPSA) is 57.1 Å². The molecule has 0 aliphatic carbocycles. The molecule has 0 radical (unpaired) electrons. The molecule has 102 valence electrons. The van der Waals surface area contributed by atoms with Crippen LogP contribution >= 0.6 is 0 Å². The number of hydrogen-bond acceptors (Lipinski definition) is 5. The van der Waals surface area contributed by atoms with E-state index in [1.807, 2.05) is 31.2 Å². The van der Waals surface area contributed by atoms with Gasteiger partial charge in [-0.3, -0.25) is 0 Å². The Hall–Kier alpha value is -2.04. The summed E-state index contributed by atoms with van der Waals surface area (Å²) in [6.07, 6.45) is -0.243. The Bertz CT molecular complexity index is 484. The molecule has 5 heteroatoms. The molecule has 1 unspecified atom stereocenters. The largest absolute Gasteiger partial charge is 0.493 e. The molecule has 0 amide bonds. The molecule has 0 saturated carbocycles. The van der Waals surface area contributed by atoms with E-state index in [1.165, 1.54) is 0 Å². The van der Waals surface area contributed by atoms with Crippen molar-refractivity contribution >= 4 is 11.7 Å². The van der Waals surface area contributed by atoms with Gasteiger partial charge in [0.15, 0.2) is 0 Å². The Morgan fingerprint density at radius 3 is 2.89 bits per heavy atom. The van der Waals surface area contributed by atoms with Crippen LogP contribution in [0.15, 0.2) is 29.4 Å². The Morgan fingerprint density at radius 2 is 2.16 bits per heavy atom. The van der Waals surface area contributed by atoms with E-state index in [-0.39, 0.29) is 5.97 Å². The van der Waals surface area contributed by atoms with E-state index >= 15 is 0 Å². The zero-order valence-electron chi connectivity index (χ0n) is 11.1. The second-order valence-electron chi connectivity index (χ2n) is 4.02. The maximum atomic E-state index is 11.6. The molecule has 19 heavy (non-hydrogen) atoms. The van der Waals surface area contributed by atoms with Crippen LogP contribution < -0.4 is 4.74 Å². The normalized spacial score (nSPS) is 17.6. The average Bonchev–Trinajstić information content (AvgIpc) is 2.90. The van der Waals surface area contributed by atoms with Gasteiger partial charge in [0.2, 0.25) is 6.10 Å². The van der Waals surface area contributed by atoms with Crippen LogP contribution in [0.4, 0.5) is 0 Å². The molecule has 1 aromatic rings. The van der Waals surface area contributed by atoms with Gasteiger partial charge in [-0.05, 0) is 26.0 Å². The second-order valence-corrected chi connectivity index (χ2v) is 4.02. The number of benzene rings is 1. The molecule has 1 heterocycles. The SMILES string of the molecule is CCOC(=O)C1CC(c2ccccc2OCC)=NO1. The van der Waals surface area contributed by atoms with Gasteiger partial charge in [-0.1, -0.05) is 17.3 Å². The number of esters is 1. The van der Waals surface area contributed by atoms with Crippen LogP contribution in [-0.4, -0.2) is 31.0 Å². The predicted molar refractivity (Wildman–Crippen MR) is 70.3 cm³/mol. The van der Waals surface area contributed by atoms with Crippen LogP contribution in [0.2, 0.25) is 0 Å². The van der Waals surface area contributed by atoms with Crippen molar-refractivity contribution in [2.75, 3.05) is 13.2 Å². The van der Waals surface area contributed by atoms with Gasteiger partial charge in [-0.25, -0.2) is 4.79 Å². The van der Waals surface area contributed by atoms with Crippen molar-refractivity contribution in [2.24, 2.45) is 5.16 Å². The molecule has 1 atom stereocenters. The van der Waals surface area contributed by atoms with E-state index in [2.05, 4.69) is 5.16 Å². The van der Waals surface area contributed by atoms with Crippen LogP contribution in [0, 0.1) is 0 Å². The first-order valence-electron chi connectivity index (χ1n) is 6.37. The quantitative estimate of drug-likeness (QED) is 0.764. The molecule has 5 nitrogen and oxygen atoms in total. The lowest BCUT2D eigenvalue weighted by Gasteiger charge is -2.09. The predicted octanol–water partition coefficient (Wildman–Crippen LogP) is 2.14. The van der Waals surface area contributed by atoms with Gasteiger partial charge < -0.3 is 14.3 Å². The number of oxime groups is 1. The summed E-state index contributed by atoms with van der Waals surface area (Å²) in [5.41, 5.74) is 1.57. The standard InChI is InChI=1S/C14H17NO4/c1-3-17-12-8-6-5-7-10(12)11-9-13(19-15-11)14(16)18-4-2/h5-8,13H,3-4,9H2,1-2H3. The van der Waals surface area contributed by atoms with Crippen LogP contribution in [-0.2, 0) is 14.4 Å². The first-order valence-corrected chi connectivity index (χ1v) is 6.37. The van der Waals surface area contributed by atoms with Crippen molar-refractivity contribution in [1.82, 2.24) is 0 Å². The molecule has 2 rings (SSSR count). The van der Waals surface area contributed by atoms with Gasteiger partial charge in [-0.15, -0.1) is 0 Å². The number of para-hydroxylation sites is 1. The van der Waals surface area contributed by atoms with E-state index < -0.39 is 6.10 Å². The third kappa shape index (κ3) is 3.05. The van der Waals surface area contributed by atoms with Gasteiger partial charge in [-0.2, -0.15) is 0 Å². The van der Waals surface area contributed by atoms with Crippen molar-refractivity contribution in [3.8, 4) is 5.75 Å². The number of carbonyl (C=O) groups is 1. The second kappa shape index (κ2) is 6.22. The number of nitrogens with zero attached hydrogens (tertiary/aromatic N) is 1. The van der Waals surface area contributed by atoms with Crippen molar-refractivity contribution in [3.05, 3.63) is 29.8 Å². The van der Waals surface area contributed by atoms with Crippen LogP contribution in [0.3, 0.4) is 0 Å². The Balaban J connectivity index is 2.10. The summed E-state index contributed by atoms with van der Waals surface area (Å²) in [5, 5.41) is 3.97. The highest BCUT2D eigenvalue weighted by Gasteiger charge is 2.31. The lowest BCUT2D eigenvalue weighted by atomic mass is 10.0. The summed E-state index contributed by atoms with van der Waals surface area (Å²) >= 11 is 0. The van der Waals surface area contributed by atoms with E-state index in [4.69, 9.17) is 14.3 Å². The average molecular weight is 263 g/mol. The van der Waals surface area contributed by atoms with Crippen LogP contribution in [0.1, 0.15) is 25.8 Å². The molecule has 0 spiro atoms. The van der Waals surface area contributed by atoms with Crippen LogP contribution in [0.5, 0.6) is 5.75 Å². The fourth-order valence-corrected chi connectivity index (χ4v) is 1.88. The molecule has 1 aliphatic heterocycles. The molecular weight excluding hydrogens is 246 g/mol. The molecule has 0 N–H and O–H groups in total. The van der Waals surface area contributed by atoms with Gasteiger partial charge in [0, 0.05) is 12.0 Å². The van der Waals surface area contributed by atoms with E-state index in [0.717, 1.165) is 11.3 Å². The summed E-state index contributed by atoms with van der Waals surface area (Å²) in [5.74, 6) is 0.368. The molecule has 0 aromatic heterocycles. The minimum Gasteiger partial charge on any atom is -0.493 e. The lowest BCUT2D eigenvalue weighted by molar-refractivity contribution is -0.154. The number of ether oxygens (including phenoxy) is 2. The Kier molecular flexibility index (Phi) is 4.39. The van der Waals surface area contributed by atoms with Crippen molar-refractivity contribution in [3.63, 3.8) is 0 Å². The van der Waals surface area contributed by atoms with Gasteiger partial charge >= 0.3 is 5.97 Å². The molecular formula is C14H17NO4. The molecule has 1 aliphatic rings. The van der Waals surface area contributed by atoms with Crippen molar-refractivity contribution in [2.45, 2.75) is 26.4 Å². The number of rotatable bonds is 5. The first kappa shape index (κ1) is 13.4. The molecule has 0 fully saturated rings. The monoisotopic (exact) mass is 263 g/mol. The molecule has 0 saturated heterocycles. The van der Waals surface area contributed by atoms with Crippen LogP contribution in [0.25, 0.3) is 0 Å². The third-order valence-corrected chi connectivity index (χ3v) is 2.72. The molecule has 1 aromatic carbocycles. The van der Waals surface area contributed by atoms with Crippen molar-refractivity contribution in [1.29, 1.82) is 0 Å². The minimum atomic E-state index is -0.648. The highest BCUT2D eigenvalue weighted by Crippen LogP contribution is 2.25. The Labute approximate surface area is 112 Å². The fraction of sp³-hybridized carbons (Fsp3) is 0.429. The number of carbonyl (C=O) groups excluding carboxylic acids is 1. The van der Waals surface area contributed by atoms with E-state index in [0.29, 0.717) is 25.3 Å². The fourth-order valence-electron chi connectivity index (χ4n) is 1.88. The summed E-state index contributed by atoms with van der Waals surface area (Å²) in [4.78, 5) is 16.7. The highest BCUT2D eigenvalue weighted by molar-refractivity contribution is 6.05. The maximum Gasteiger partial charge on any atom is 0.350 e. The third-order valence-electron chi connectivity index (χ3n) is 2.72. The Morgan fingerprint density at radius 1 is 1.37 bits per heavy atom. The van der Waals surface area contributed by atoms with Gasteiger partial charge in [0.25, 0.3) is 0 Å². The number of hydrogen-bond donors (Lipinski definition) is 0. The first-order chi connectivity index (χ1) is 9.26. The van der Waals surface area contributed by atoms with E-state index in [1.54, 1.807) is 6.92 Å².